The largest absolute Gasteiger partial charge is 0.367 e. The predicted octanol–water partition coefficient (Wildman–Crippen LogP) is 4.83. The summed E-state index contributed by atoms with van der Waals surface area (Å²) in [7, 11) is 0. The maximum absolute atomic E-state index is 9.58. The molecule has 0 aliphatic carbocycles. The molecule has 0 saturated carbocycles. The van der Waals surface area contributed by atoms with Gasteiger partial charge < -0.3 is 4.90 Å². The lowest BCUT2D eigenvalue weighted by molar-refractivity contribution is 0.434. The summed E-state index contributed by atoms with van der Waals surface area (Å²) < 4.78 is 0. The summed E-state index contributed by atoms with van der Waals surface area (Å²) in [4.78, 5) is 3.62. The number of thioether (sulfide) groups is 1. The Morgan fingerprint density at radius 3 is 2.90 bits per heavy atom. The van der Waals surface area contributed by atoms with Crippen LogP contribution in [0.3, 0.4) is 0 Å². The van der Waals surface area contributed by atoms with Gasteiger partial charge in [0.1, 0.15) is 6.07 Å². The Bertz CT molecular complexity index is 476. The van der Waals surface area contributed by atoms with Gasteiger partial charge in [0.2, 0.25) is 0 Å². The fourth-order valence-corrected chi connectivity index (χ4v) is 3.88. The van der Waals surface area contributed by atoms with E-state index < -0.39 is 0 Å². The normalized spacial score (nSPS) is 18.9. The number of nitriles is 1. The Balaban J connectivity index is 2.34. The van der Waals surface area contributed by atoms with Crippen LogP contribution in [0.1, 0.15) is 51.5 Å². The molecule has 0 spiro atoms. The zero-order valence-corrected chi connectivity index (χ0v) is 13.4. The summed E-state index contributed by atoms with van der Waals surface area (Å²) in [6.07, 6.45) is 6.29. The van der Waals surface area contributed by atoms with Crippen LogP contribution in [0.25, 0.3) is 0 Å². The van der Waals surface area contributed by atoms with Gasteiger partial charge >= 0.3 is 0 Å². The van der Waals surface area contributed by atoms with E-state index in [9.17, 15) is 5.26 Å². The molecule has 1 fully saturated rings. The molecular formula is C17H24N2S. The van der Waals surface area contributed by atoms with Gasteiger partial charge in [0, 0.05) is 17.5 Å². The molecule has 1 aromatic carbocycles. The van der Waals surface area contributed by atoms with Crippen molar-refractivity contribution in [3.05, 3.63) is 23.8 Å². The van der Waals surface area contributed by atoms with Crippen molar-refractivity contribution >= 4 is 17.4 Å². The predicted molar refractivity (Wildman–Crippen MR) is 87.4 cm³/mol. The molecule has 1 aromatic rings. The van der Waals surface area contributed by atoms with Gasteiger partial charge in [-0.25, -0.2) is 0 Å². The molecule has 1 aliphatic heterocycles. The second-order valence-electron chi connectivity index (χ2n) is 5.33. The summed E-state index contributed by atoms with van der Waals surface area (Å²) in [5, 5.41) is 9.58. The van der Waals surface area contributed by atoms with E-state index in [2.05, 4.69) is 43.0 Å². The molecule has 0 aromatic heterocycles. The zero-order chi connectivity index (χ0) is 14.4. The zero-order valence-electron chi connectivity index (χ0n) is 12.6. The molecule has 108 valence electrons. The molecule has 1 atom stereocenters. The molecule has 1 saturated heterocycles. The summed E-state index contributed by atoms with van der Waals surface area (Å²) in [6, 6.07) is 9.37. The van der Waals surface area contributed by atoms with Crippen LogP contribution in [0.4, 0.5) is 5.69 Å². The van der Waals surface area contributed by atoms with Gasteiger partial charge in [-0.15, -0.1) is 11.8 Å². The smallest absolute Gasteiger partial charge is 0.103 e. The minimum absolute atomic E-state index is 0.614. The lowest BCUT2D eigenvalue weighted by Crippen LogP contribution is -2.40. The van der Waals surface area contributed by atoms with Crippen LogP contribution in [0.15, 0.2) is 23.1 Å². The van der Waals surface area contributed by atoms with E-state index in [1.54, 1.807) is 11.8 Å². The molecule has 2 nitrogen and oxygen atoms in total. The van der Waals surface area contributed by atoms with Crippen molar-refractivity contribution in [1.29, 1.82) is 5.26 Å². The highest BCUT2D eigenvalue weighted by molar-refractivity contribution is 7.99. The van der Waals surface area contributed by atoms with E-state index in [0.717, 1.165) is 28.4 Å². The van der Waals surface area contributed by atoms with E-state index in [4.69, 9.17) is 0 Å². The van der Waals surface area contributed by atoms with Gasteiger partial charge in [0.05, 0.1) is 11.3 Å². The molecule has 0 bridgehead atoms. The topological polar surface area (TPSA) is 27.0 Å². The van der Waals surface area contributed by atoms with Crippen molar-refractivity contribution in [2.75, 3.05) is 17.2 Å². The Labute approximate surface area is 127 Å². The van der Waals surface area contributed by atoms with Gasteiger partial charge in [-0.1, -0.05) is 26.3 Å². The van der Waals surface area contributed by atoms with E-state index in [1.807, 2.05) is 0 Å². The molecule has 1 aliphatic rings. The van der Waals surface area contributed by atoms with Gasteiger partial charge in [-0.05, 0) is 43.6 Å². The highest BCUT2D eigenvalue weighted by Crippen LogP contribution is 2.34. The Morgan fingerprint density at radius 2 is 2.20 bits per heavy atom. The summed E-state index contributed by atoms with van der Waals surface area (Å²) in [5.74, 6) is 1.01. The van der Waals surface area contributed by atoms with Crippen LogP contribution >= 0.6 is 11.8 Å². The first-order valence-corrected chi connectivity index (χ1v) is 8.72. The maximum atomic E-state index is 9.58. The number of piperidine rings is 1. The van der Waals surface area contributed by atoms with Crippen LogP contribution in [-0.4, -0.2) is 18.3 Å². The van der Waals surface area contributed by atoms with Crippen LogP contribution in [-0.2, 0) is 0 Å². The van der Waals surface area contributed by atoms with Crippen molar-refractivity contribution in [2.45, 2.75) is 56.9 Å². The first-order chi connectivity index (χ1) is 9.81. The molecule has 1 unspecified atom stereocenters. The number of anilines is 1. The number of rotatable bonds is 5. The summed E-state index contributed by atoms with van der Waals surface area (Å²) >= 11 is 1.77. The third-order valence-corrected chi connectivity index (χ3v) is 4.91. The third-order valence-electron chi connectivity index (χ3n) is 3.97. The highest BCUT2D eigenvalue weighted by Gasteiger charge is 2.24. The molecule has 0 N–H and O–H groups in total. The molecule has 0 amide bonds. The van der Waals surface area contributed by atoms with Crippen molar-refractivity contribution in [2.24, 2.45) is 0 Å². The maximum Gasteiger partial charge on any atom is 0.103 e. The van der Waals surface area contributed by atoms with Crippen LogP contribution in [0, 0.1) is 11.3 Å². The minimum atomic E-state index is 0.614. The monoisotopic (exact) mass is 288 g/mol. The van der Waals surface area contributed by atoms with Crippen molar-refractivity contribution < 1.29 is 0 Å². The Kier molecular flexibility index (Phi) is 5.79. The third kappa shape index (κ3) is 3.30. The van der Waals surface area contributed by atoms with E-state index in [-0.39, 0.29) is 0 Å². The SMILES string of the molecule is CCCC1CCCCN1c1cccc(SCC)c1C#N. The van der Waals surface area contributed by atoms with Gasteiger partial charge in [0.25, 0.3) is 0 Å². The van der Waals surface area contributed by atoms with Gasteiger partial charge in [-0.2, -0.15) is 5.26 Å². The Morgan fingerprint density at radius 1 is 1.35 bits per heavy atom. The summed E-state index contributed by atoms with van der Waals surface area (Å²) in [6.45, 7) is 5.49. The van der Waals surface area contributed by atoms with Crippen LogP contribution in [0.5, 0.6) is 0 Å². The minimum Gasteiger partial charge on any atom is -0.367 e. The number of hydrogen-bond acceptors (Lipinski definition) is 3. The van der Waals surface area contributed by atoms with Crippen molar-refractivity contribution in [3.63, 3.8) is 0 Å². The van der Waals surface area contributed by atoms with Gasteiger partial charge in [-0.3, -0.25) is 0 Å². The molecule has 0 radical (unpaired) electrons. The average molecular weight is 288 g/mol. The first kappa shape index (κ1) is 15.3. The van der Waals surface area contributed by atoms with Gasteiger partial charge in [0.15, 0.2) is 0 Å². The molecule has 20 heavy (non-hydrogen) atoms. The van der Waals surface area contributed by atoms with E-state index in [0.29, 0.717) is 6.04 Å². The second-order valence-corrected chi connectivity index (χ2v) is 6.63. The quantitative estimate of drug-likeness (QED) is 0.726. The Hall–Kier alpha value is -1.14. The molecular weight excluding hydrogens is 264 g/mol. The molecule has 1 heterocycles. The molecule has 3 heteroatoms. The number of benzene rings is 1. The first-order valence-electron chi connectivity index (χ1n) is 7.74. The van der Waals surface area contributed by atoms with Crippen LogP contribution in [0.2, 0.25) is 0 Å². The van der Waals surface area contributed by atoms with Crippen molar-refractivity contribution in [1.82, 2.24) is 0 Å². The van der Waals surface area contributed by atoms with Crippen molar-refractivity contribution in [3.8, 4) is 6.07 Å². The average Bonchev–Trinajstić information content (AvgIpc) is 2.48. The molecule has 2 rings (SSSR count). The van der Waals surface area contributed by atoms with E-state index in [1.165, 1.54) is 32.1 Å². The van der Waals surface area contributed by atoms with E-state index >= 15 is 0 Å². The number of hydrogen-bond donors (Lipinski definition) is 0. The summed E-state index contributed by atoms with van der Waals surface area (Å²) in [5.41, 5.74) is 2.03. The standard InChI is InChI=1S/C17H24N2S/c1-3-8-14-9-5-6-12-19(14)16-10-7-11-17(20-4-2)15(16)13-18/h7,10-11,14H,3-6,8-9,12H2,1-2H3. The highest BCUT2D eigenvalue weighted by atomic mass is 32.2. The lowest BCUT2D eigenvalue weighted by atomic mass is 9.96. The lowest BCUT2D eigenvalue weighted by Gasteiger charge is -2.38. The second kappa shape index (κ2) is 7.59. The fourth-order valence-electron chi connectivity index (χ4n) is 3.10. The number of nitrogens with zero attached hydrogens (tertiary/aromatic N) is 2. The fraction of sp³-hybridized carbons (Fsp3) is 0.588. The van der Waals surface area contributed by atoms with Crippen LogP contribution < -0.4 is 4.90 Å².